The van der Waals surface area contributed by atoms with Crippen LogP contribution in [0.25, 0.3) is 33.0 Å². The first-order chi connectivity index (χ1) is 16.1. The van der Waals surface area contributed by atoms with Crippen molar-refractivity contribution in [2.24, 2.45) is 0 Å². The van der Waals surface area contributed by atoms with E-state index in [0.29, 0.717) is 34.4 Å². The van der Waals surface area contributed by atoms with Crippen molar-refractivity contribution in [2.45, 2.75) is 12.8 Å². The van der Waals surface area contributed by atoms with Crippen LogP contribution in [0.4, 0.5) is 0 Å². The van der Waals surface area contributed by atoms with E-state index in [1.165, 1.54) is 11.3 Å². The fraction of sp³-hybridized carbons (Fsp3) is 0.154. The van der Waals surface area contributed by atoms with Gasteiger partial charge in [0, 0.05) is 24.0 Å². The third-order valence-corrected chi connectivity index (χ3v) is 6.63. The number of H-pyrrole nitrogens is 1. The van der Waals surface area contributed by atoms with Crippen LogP contribution in [-0.2, 0) is 4.79 Å². The first-order valence-electron chi connectivity index (χ1n) is 10.7. The molecule has 0 aliphatic carbocycles. The number of nitriles is 1. The Bertz CT molecular complexity index is 1450. The Balaban J connectivity index is 1.63. The van der Waals surface area contributed by atoms with Gasteiger partial charge in [0.15, 0.2) is 0 Å². The van der Waals surface area contributed by atoms with Crippen LogP contribution < -0.4 is 5.56 Å². The summed E-state index contributed by atoms with van der Waals surface area (Å²) in [4.78, 5) is 36.5. The van der Waals surface area contributed by atoms with E-state index in [1.807, 2.05) is 35.7 Å². The van der Waals surface area contributed by atoms with E-state index in [2.05, 4.69) is 11.1 Å². The number of nitrogens with zero attached hydrogens (tertiary/aromatic N) is 3. The lowest BCUT2D eigenvalue weighted by Crippen LogP contribution is -2.29. The molecule has 1 fully saturated rings. The molecule has 2 aromatic carbocycles. The molecular weight excluding hydrogens is 432 g/mol. The topological polar surface area (TPSA) is 89.8 Å². The van der Waals surface area contributed by atoms with Crippen LogP contribution in [0.2, 0.25) is 0 Å². The Hall–Kier alpha value is -4.02. The zero-order chi connectivity index (χ0) is 22.8. The van der Waals surface area contributed by atoms with E-state index in [-0.39, 0.29) is 17.3 Å². The van der Waals surface area contributed by atoms with E-state index in [9.17, 15) is 9.59 Å². The van der Waals surface area contributed by atoms with Crippen LogP contribution in [0.3, 0.4) is 0 Å². The Morgan fingerprint density at radius 3 is 2.52 bits per heavy atom. The lowest BCUT2D eigenvalue weighted by atomic mass is 10.1. The van der Waals surface area contributed by atoms with Gasteiger partial charge in [-0.1, -0.05) is 42.5 Å². The summed E-state index contributed by atoms with van der Waals surface area (Å²) in [5.74, 6) is 0.106. The normalized spacial score (nSPS) is 13.9. The molecule has 0 radical (unpaired) electrons. The summed E-state index contributed by atoms with van der Waals surface area (Å²) in [5, 5.41) is 11.5. The number of aromatic amines is 1. The lowest BCUT2D eigenvalue weighted by molar-refractivity contribution is -0.123. The molecule has 1 N–H and O–H groups in total. The molecule has 0 spiro atoms. The molecule has 1 aliphatic heterocycles. The maximum atomic E-state index is 13.4. The average Bonchev–Trinajstić information content (AvgIpc) is 3.54. The van der Waals surface area contributed by atoms with Crippen LogP contribution in [0.15, 0.2) is 64.8 Å². The van der Waals surface area contributed by atoms with E-state index in [0.717, 1.165) is 29.5 Å². The number of likely N-dealkylation sites (tertiary alicyclic amines) is 1. The number of nitrogens with one attached hydrogen (secondary N) is 1. The van der Waals surface area contributed by atoms with Crippen LogP contribution in [-0.4, -0.2) is 33.9 Å². The predicted octanol–water partition coefficient (Wildman–Crippen LogP) is 4.69. The van der Waals surface area contributed by atoms with Crippen LogP contribution in [0.1, 0.15) is 29.8 Å². The number of carbonyl (C=O) groups excluding carboxylic acids is 1. The van der Waals surface area contributed by atoms with Gasteiger partial charge >= 0.3 is 0 Å². The maximum absolute atomic E-state index is 13.4. The molecule has 0 saturated carbocycles. The molecule has 33 heavy (non-hydrogen) atoms. The number of benzene rings is 2. The van der Waals surface area contributed by atoms with Crippen molar-refractivity contribution < 1.29 is 4.79 Å². The molecule has 1 amide bonds. The van der Waals surface area contributed by atoms with Gasteiger partial charge in [0.25, 0.3) is 11.5 Å². The summed E-state index contributed by atoms with van der Waals surface area (Å²) in [7, 11) is 0. The quantitative estimate of drug-likeness (QED) is 0.455. The number of aromatic nitrogens is 2. The van der Waals surface area contributed by atoms with Crippen LogP contribution >= 0.6 is 11.3 Å². The van der Waals surface area contributed by atoms with Crippen molar-refractivity contribution in [2.75, 3.05) is 13.1 Å². The fourth-order valence-corrected chi connectivity index (χ4v) is 5.00. The zero-order valence-electron chi connectivity index (χ0n) is 17.7. The zero-order valence-corrected chi connectivity index (χ0v) is 18.6. The van der Waals surface area contributed by atoms with Crippen LogP contribution in [0, 0.1) is 11.3 Å². The standard InChI is InChI=1S/C26H20N4O2S/c27-15-18-10-8-17(9-11-18)14-20(26(32)30-12-4-5-13-30)23-28-24(31)22-21(16-33-25(22)29-23)19-6-2-1-3-7-19/h1-3,6-11,14,16H,4-5,12-13H2,(H,28,29,31)/b20-14+. The molecule has 0 unspecified atom stereocenters. The Morgan fingerprint density at radius 1 is 1.09 bits per heavy atom. The third-order valence-electron chi connectivity index (χ3n) is 5.76. The highest BCUT2D eigenvalue weighted by molar-refractivity contribution is 7.17. The smallest absolute Gasteiger partial charge is 0.260 e. The summed E-state index contributed by atoms with van der Waals surface area (Å²) in [6.45, 7) is 1.38. The number of amides is 1. The average molecular weight is 453 g/mol. The molecule has 2 aromatic heterocycles. The molecule has 0 bridgehead atoms. The van der Waals surface area contributed by atoms with Gasteiger partial charge in [0.1, 0.15) is 10.7 Å². The van der Waals surface area contributed by atoms with Crippen molar-refractivity contribution in [1.29, 1.82) is 5.26 Å². The maximum Gasteiger partial charge on any atom is 0.260 e. The second kappa shape index (κ2) is 8.85. The summed E-state index contributed by atoms with van der Waals surface area (Å²) in [6.07, 6.45) is 3.66. The first-order valence-corrected chi connectivity index (χ1v) is 11.6. The van der Waals surface area contributed by atoms with Gasteiger partial charge in [0.05, 0.1) is 22.6 Å². The number of hydrogen-bond acceptors (Lipinski definition) is 5. The molecule has 6 nitrogen and oxygen atoms in total. The first kappa shape index (κ1) is 20.9. The van der Waals surface area contributed by atoms with E-state index in [4.69, 9.17) is 10.2 Å². The van der Waals surface area contributed by atoms with Gasteiger partial charge in [-0.15, -0.1) is 11.3 Å². The van der Waals surface area contributed by atoms with Crippen molar-refractivity contribution in [1.82, 2.24) is 14.9 Å². The minimum atomic E-state index is -0.268. The molecule has 4 aromatic rings. The highest BCUT2D eigenvalue weighted by atomic mass is 32.1. The molecule has 0 atom stereocenters. The Kier molecular flexibility index (Phi) is 5.59. The highest BCUT2D eigenvalue weighted by Crippen LogP contribution is 2.31. The summed E-state index contributed by atoms with van der Waals surface area (Å²) < 4.78 is 0. The Labute approximate surface area is 194 Å². The fourth-order valence-electron chi connectivity index (χ4n) is 4.05. The van der Waals surface area contributed by atoms with E-state index >= 15 is 0 Å². The van der Waals surface area contributed by atoms with Gasteiger partial charge in [-0.2, -0.15) is 5.26 Å². The van der Waals surface area contributed by atoms with Crippen molar-refractivity contribution in [3.63, 3.8) is 0 Å². The number of carbonyl (C=O) groups is 1. The molecule has 1 aliphatic rings. The summed E-state index contributed by atoms with van der Waals surface area (Å²) >= 11 is 1.39. The summed E-state index contributed by atoms with van der Waals surface area (Å²) in [6, 6.07) is 18.8. The van der Waals surface area contributed by atoms with Crippen molar-refractivity contribution in [3.8, 4) is 17.2 Å². The van der Waals surface area contributed by atoms with E-state index < -0.39 is 0 Å². The second-order valence-corrected chi connectivity index (χ2v) is 8.76. The Morgan fingerprint density at radius 2 is 1.82 bits per heavy atom. The van der Waals surface area contributed by atoms with Gasteiger partial charge in [-0.25, -0.2) is 4.98 Å². The minimum Gasteiger partial charge on any atom is -0.339 e. The van der Waals surface area contributed by atoms with Gasteiger partial charge in [-0.3, -0.25) is 9.59 Å². The molecule has 7 heteroatoms. The molecule has 3 heterocycles. The van der Waals surface area contributed by atoms with Gasteiger partial charge in [-0.05, 0) is 42.2 Å². The molecule has 5 rings (SSSR count). The molecule has 1 saturated heterocycles. The monoisotopic (exact) mass is 452 g/mol. The highest BCUT2D eigenvalue weighted by Gasteiger charge is 2.25. The summed E-state index contributed by atoms with van der Waals surface area (Å²) in [5.41, 5.74) is 3.16. The molecular formula is C26H20N4O2S. The largest absolute Gasteiger partial charge is 0.339 e. The number of fused-ring (bicyclic) bond motifs is 1. The van der Waals surface area contributed by atoms with Gasteiger partial charge < -0.3 is 9.88 Å². The SMILES string of the molecule is N#Cc1ccc(/C=C(/C(=O)N2CCCC2)c2nc3scc(-c4ccccc4)c3c(=O)[nH]2)cc1. The number of thiophene rings is 1. The van der Waals surface area contributed by atoms with Crippen molar-refractivity contribution in [3.05, 3.63) is 87.3 Å². The minimum absolute atomic E-state index is 0.154. The third kappa shape index (κ3) is 4.09. The lowest BCUT2D eigenvalue weighted by Gasteiger charge is -2.17. The number of rotatable bonds is 4. The van der Waals surface area contributed by atoms with Crippen molar-refractivity contribution >= 4 is 39.1 Å². The second-order valence-electron chi connectivity index (χ2n) is 7.90. The number of hydrogen-bond donors (Lipinski definition) is 1. The van der Waals surface area contributed by atoms with E-state index in [1.54, 1.807) is 35.2 Å². The molecule has 162 valence electrons. The van der Waals surface area contributed by atoms with Crippen LogP contribution in [0.5, 0.6) is 0 Å². The predicted molar refractivity (Wildman–Crippen MR) is 131 cm³/mol. The van der Waals surface area contributed by atoms with Gasteiger partial charge in [0.2, 0.25) is 0 Å².